The number of hydrogen-bond donors (Lipinski definition) is 1. The summed E-state index contributed by atoms with van der Waals surface area (Å²) in [5.41, 5.74) is 0.235. The zero-order chi connectivity index (χ0) is 16.4. The summed E-state index contributed by atoms with van der Waals surface area (Å²) in [6.45, 7) is 7.78. The maximum absolute atomic E-state index is 11.6. The van der Waals surface area contributed by atoms with Crippen LogP contribution in [0.1, 0.15) is 33.6 Å². The Balaban J connectivity index is 2.16. The van der Waals surface area contributed by atoms with Crippen LogP contribution in [0, 0.1) is 5.41 Å². The highest BCUT2D eigenvalue weighted by Gasteiger charge is 2.37. The zero-order valence-corrected chi connectivity index (χ0v) is 14.6. The molecule has 0 atom stereocenters. The van der Waals surface area contributed by atoms with Gasteiger partial charge in [0.2, 0.25) is 0 Å². The average Bonchev–Trinajstić information content (AvgIpc) is 2.42. The number of sulfone groups is 1. The molecule has 0 aromatic heterocycles. The van der Waals surface area contributed by atoms with Gasteiger partial charge in [-0.05, 0) is 30.4 Å². The van der Waals surface area contributed by atoms with Crippen LogP contribution in [0.15, 0.2) is 30.3 Å². The number of rotatable bonds is 4. The summed E-state index contributed by atoms with van der Waals surface area (Å²) in [6.07, 6.45) is 0.644. The number of para-hydroxylation sites is 1. The molecule has 1 N–H and O–H groups in total. The second-order valence-electron chi connectivity index (χ2n) is 7.63. The molecule has 4 nitrogen and oxygen atoms in total. The predicted octanol–water partition coefficient (Wildman–Crippen LogP) is 2.48. The predicted molar refractivity (Wildman–Crippen MR) is 90.9 cm³/mol. The maximum Gasteiger partial charge on any atom is 0.150 e. The van der Waals surface area contributed by atoms with Gasteiger partial charge in [-0.15, -0.1) is 0 Å². The van der Waals surface area contributed by atoms with Gasteiger partial charge in [0, 0.05) is 18.8 Å². The fourth-order valence-electron chi connectivity index (χ4n) is 2.88. The number of nitrogens with zero attached hydrogens (tertiary/aromatic N) is 1. The molecule has 0 amide bonds. The van der Waals surface area contributed by atoms with Gasteiger partial charge in [0.05, 0.1) is 17.1 Å². The smallest absolute Gasteiger partial charge is 0.150 e. The van der Waals surface area contributed by atoms with Crippen LogP contribution in [0.2, 0.25) is 0 Å². The van der Waals surface area contributed by atoms with E-state index >= 15 is 0 Å². The van der Waals surface area contributed by atoms with Gasteiger partial charge >= 0.3 is 0 Å². The highest BCUT2D eigenvalue weighted by molar-refractivity contribution is 7.91. The van der Waals surface area contributed by atoms with Gasteiger partial charge in [-0.1, -0.05) is 39.0 Å². The van der Waals surface area contributed by atoms with Crippen LogP contribution in [0.3, 0.4) is 0 Å². The lowest BCUT2D eigenvalue weighted by Crippen LogP contribution is -2.50. The van der Waals surface area contributed by atoms with Gasteiger partial charge in [0.25, 0.3) is 0 Å². The highest BCUT2D eigenvalue weighted by atomic mass is 32.2. The molecule has 1 saturated heterocycles. The van der Waals surface area contributed by atoms with E-state index in [1.807, 2.05) is 30.3 Å². The molecule has 1 heterocycles. The summed E-state index contributed by atoms with van der Waals surface area (Å²) in [5.74, 6) is 0.170. The Morgan fingerprint density at radius 1 is 1.14 bits per heavy atom. The largest absolute Gasteiger partial charge is 0.388 e. The molecule has 0 bridgehead atoms. The first-order valence-electron chi connectivity index (χ1n) is 7.82. The minimum atomic E-state index is -2.97. The number of hydrogen-bond acceptors (Lipinski definition) is 4. The second-order valence-corrected chi connectivity index (χ2v) is 9.93. The van der Waals surface area contributed by atoms with Crippen LogP contribution in [0.25, 0.3) is 0 Å². The first-order chi connectivity index (χ1) is 10.1. The first kappa shape index (κ1) is 17.3. The van der Waals surface area contributed by atoms with E-state index in [9.17, 15) is 13.5 Å². The molecular weight excluding hydrogens is 298 g/mol. The lowest BCUT2D eigenvalue weighted by molar-refractivity contribution is 0.0361. The van der Waals surface area contributed by atoms with Crippen LogP contribution >= 0.6 is 0 Å². The van der Waals surface area contributed by atoms with Crippen molar-refractivity contribution in [1.29, 1.82) is 0 Å². The summed E-state index contributed by atoms with van der Waals surface area (Å²) >= 11 is 0. The summed E-state index contributed by atoms with van der Waals surface area (Å²) in [5, 5.41) is 10.8. The summed E-state index contributed by atoms with van der Waals surface area (Å²) in [6, 6.07) is 10.0. The fraction of sp³-hybridized carbons (Fsp3) is 0.647. The standard InChI is InChI=1S/C17H27NO3S/c1-16(2,3)13-18(15-7-5-4-6-8-15)14-17(19)9-11-22(20,21)12-10-17/h4-8,19H,9-14H2,1-3H3. The van der Waals surface area contributed by atoms with Crippen LogP contribution in [0.5, 0.6) is 0 Å². The maximum atomic E-state index is 11.6. The van der Waals surface area contributed by atoms with Crippen LogP contribution in [0.4, 0.5) is 5.69 Å². The summed E-state index contributed by atoms with van der Waals surface area (Å²) in [7, 11) is -2.97. The highest BCUT2D eigenvalue weighted by Crippen LogP contribution is 2.29. The molecule has 0 aliphatic carbocycles. The summed E-state index contributed by atoms with van der Waals surface area (Å²) < 4.78 is 23.2. The normalized spacial score (nSPS) is 20.5. The van der Waals surface area contributed by atoms with Crippen molar-refractivity contribution < 1.29 is 13.5 Å². The molecule has 1 aliphatic heterocycles. The molecule has 1 aromatic rings. The van der Waals surface area contributed by atoms with Crippen LogP contribution in [-0.4, -0.2) is 43.7 Å². The Kier molecular flexibility index (Phi) is 4.87. The lowest BCUT2D eigenvalue weighted by atomic mass is 9.92. The van der Waals surface area contributed by atoms with Crippen LogP contribution < -0.4 is 4.90 Å². The monoisotopic (exact) mass is 325 g/mol. The summed E-state index contributed by atoms with van der Waals surface area (Å²) in [4.78, 5) is 2.18. The van der Waals surface area contributed by atoms with E-state index in [4.69, 9.17) is 0 Å². The minimum absolute atomic E-state index is 0.0850. The van der Waals surface area contributed by atoms with E-state index < -0.39 is 15.4 Å². The van der Waals surface area contributed by atoms with E-state index in [0.29, 0.717) is 19.4 Å². The van der Waals surface area contributed by atoms with Gasteiger partial charge in [-0.25, -0.2) is 8.42 Å². The zero-order valence-electron chi connectivity index (χ0n) is 13.7. The van der Waals surface area contributed by atoms with Crippen molar-refractivity contribution in [2.24, 2.45) is 5.41 Å². The molecule has 124 valence electrons. The van der Waals surface area contributed by atoms with E-state index in [-0.39, 0.29) is 16.9 Å². The number of benzene rings is 1. The van der Waals surface area contributed by atoms with E-state index in [0.717, 1.165) is 12.2 Å². The van der Waals surface area contributed by atoms with Crippen molar-refractivity contribution in [1.82, 2.24) is 0 Å². The Morgan fingerprint density at radius 2 is 1.68 bits per heavy atom. The molecule has 2 rings (SSSR count). The average molecular weight is 325 g/mol. The van der Waals surface area contributed by atoms with Crippen molar-refractivity contribution in [3.05, 3.63) is 30.3 Å². The molecule has 0 unspecified atom stereocenters. The third kappa shape index (κ3) is 4.99. The van der Waals surface area contributed by atoms with E-state index in [1.165, 1.54) is 0 Å². The van der Waals surface area contributed by atoms with Crippen molar-refractivity contribution in [3.63, 3.8) is 0 Å². The quantitative estimate of drug-likeness (QED) is 0.924. The Bertz CT molecular complexity index is 576. The molecule has 1 fully saturated rings. The fourth-order valence-corrected chi connectivity index (χ4v) is 4.47. The molecule has 22 heavy (non-hydrogen) atoms. The van der Waals surface area contributed by atoms with Gasteiger partial charge in [0.1, 0.15) is 0 Å². The Morgan fingerprint density at radius 3 is 2.18 bits per heavy atom. The van der Waals surface area contributed by atoms with Gasteiger partial charge < -0.3 is 10.0 Å². The van der Waals surface area contributed by atoms with Crippen molar-refractivity contribution in [2.45, 2.75) is 39.2 Å². The van der Waals surface area contributed by atoms with Crippen LogP contribution in [-0.2, 0) is 9.84 Å². The molecule has 5 heteroatoms. The third-order valence-corrected chi connectivity index (χ3v) is 5.68. The SMILES string of the molecule is CC(C)(C)CN(CC1(O)CCS(=O)(=O)CC1)c1ccccc1. The molecule has 1 aliphatic rings. The Labute approximate surface area is 134 Å². The minimum Gasteiger partial charge on any atom is -0.388 e. The topological polar surface area (TPSA) is 57.6 Å². The molecule has 1 aromatic carbocycles. The first-order valence-corrected chi connectivity index (χ1v) is 9.64. The van der Waals surface area contributed by atoms with Crippen molar-refractivity contribution in [2.75, 3.05) is 29.5 Å². The van der Waals surface area contributed by atoms with Crippen molar-refractivity contribution in [3.8, 4) is 0 Å². The number of aliphatic hydroxyl groups is 1. The molecular formula is C17H27NO3S. The van der Waals surface area contributed by atoms with E-state index in [1.54, 1.807) is 0 Å². The number of anilines is 1. The second kappa shape index (κ2) is 6.20. The third-order valence-electron chi connectivity index (χ3n) is 4.03. The Hall–Kier alpha value is -1.07. The van der Waals surface area contributed by atoms with Gasteiger partial charge in [-0.3, -0.25) is 0 Å². The molecule has 0 radical (unpaired) electrons. The van der Waals surface area contributed by atoms with E-state index in [2.05, 4.69) is 25.7 Å². The molecule has 0 saturated carbocycles. The molecule has 0 spiro atoms. The van der Waals surface area contributed by atoms with Gasteiger partial charge in [-0.2, -0.15) is 0 Å². The van der Waals surface area contributed by atoms with Gasteiger partial charge in [0.15, 0.2) is 9.84 Å². The lowest BCUT2D eigenvalue weighted by Gasteiger charge is -2.40. The van der Waals surface area contributed by atoms with Crippen molar-refractivity contribution >= 4 is 15.5 Å².